The number of rotatable bonds is 9. The third kappa shape index (κ3) is 4.76. The molecule has 1 rings (SSSR count). The van der Waals surface area contributed by atoms with Gasteiger partial charge in [-0.05, 0) is 36.6 Å². The molecule has 1 nitrogen and oxygen atoms in total. The van der Waals surface area contributed by atoms with Crippen LogP contribution < -0.4 is 4.74 Å². The summed E-state index contributed by atoms with van der Waals surface area (Å²) < 4.78 is 6.14. The van der Waals surface area contributed by atoms with Gasteiger partial charge in [0.2, 0.25) is 0 Å². The van der Waals surface area contributed by atoms with Gasteiger partial charge in [-0.25, -0.2) is 0 Å². The van der Waals surface area contributed by atoms with Crippen LogP contribution >= 0.6 is 12.6 Å². The second-order valence-corrected chi connectivity index (χ2v) is 5.72. The number of ether oxygens (including phenoxy) is 1. The van der Waals surface area contributed by atoms with Gasteiger partial charge in [0.05, 0.1) is 6.61 Å². The molecule has 0 unspecified atom stereocenters. The topological polar surface area (TPSA) is 9.23 Å². The van der Waals surface area contributed by atoms with Crippen LogP contribution in [0.2, 0.25) is 0 Å². The Bertz CT molecular complexity index is 356. The first-order valence-electron chi connectivity index (χ1n) is 7.53. The van der Waals surface area contributed by atoms with Crippen LogP contribution in [0.15, 0.2) is 24.3 Å². The highest BCUT2D eigenvalue weighted by Gasteiger charge is 2.28. The lowest BCUT2D eigenvalue weighted by atomic mass is 9.82. The van der Waals surface area contributed by atoms with Crippen LogP contribution in [0.1, 0.15) is 52.0 Å². The molecule has 0 aromatic heterocycles. The molecule has 108 valence electrons. The van der Waals surface area contributed by atoms with Crippen molar-refractivity contribution >= 4 is 12.6 Å². The summed E-state index contributed by atoms with van der Waals surface area (Å²) in [5, 5.41) is 0. The van der Waals surface area contributed by atoms with Gasteiger partial charge in [-0.1, -0.05) is 51.8 Å². The van der Waals surface area contributed by atoms with Gasteiger partial charge in [-0.3, -0.25) is 0 Å². The van der Waals surface area contributed by atoms with Gasteiger partial charge in [0.1, 0.15) is 5.75 Å². The molecule has 0 aliphatic rings. The van der Waals surface area contributed by atoms with E-state index in [4.69, 9.17) is 4.74 Å². The number of hydrogen-bond donors (Lipinski definition) is 1. The second-order valence-electron chi connectivity index (χ2n) is 5.41. The fourth-order valence-corrected chi connectivity index (χ4v) is 3.11. The van der Waals surface area contributed by atoms with E-state index in [0.717, 1.165) is 24.5 Å². The molecule has 2 heteroatoms. The van der Waals surface area contributed by atoms with Gasteiger partial charge in [0.25, 0.3) is 0 Å². The average Bonchev–Trinajstić information content (AvgIpc) is 2.45. The molecule has 0 heterocycles. The molecule has 0 spiro atoms. The Morgan fingerprint density at radius 2 is 1.68 bits per heavy atom. The summed E-state index contributed by atoms with van der Waals surface area (Å²) in [6, 6.07) is 8.36. The highest BCUT2D eigenvalue weighted by Crippen LogP contribution is 2.33. The molecule has 1 aromatic carbocycles. The molecule has 0 radical (unpaired) electrons. The quantitative estimate of drug-likeness (QED) is 0.616. The molecule has 0 saturated carbocycles. The van der Waals surface area contributed by atoms with E-state index in [1.54, 1.807) is 0 Å². The molecule has 0 bridgehead atoms. The van der Waals surface area contributed by atoms with Crippen molar-refractivity contribution in [1.82, 2.24) is 0 Å². The minimum Gasteiger partial charge on any atom is -0.493 e. The molecule has 0 aliphatic heterocycles. The zero-order chi connectivity index (χ0) is 14.1. The van der Waals surface area contributed by atoms with Gasteiger partial charge in [-0.2, -0.15) is 12.6 Å². The van der Waals surface area contributed by atoms with Crippen LogP contribution in [0.25, 0.3) is 0 Å². The second kappa shape index (κ2) is 8.52. The lowest BCUT2D eigenvalue weighted by Gasteiger charge is -2.32. The molecule has 0 aliphatic carbocycles. The summed E-state index contributed by atoms with van der Waals surface area (Å²) in [4.78, 5) is 0. The van der Waals surface area contributed by atoms with Gasteiger partial charge >= 0.3 is 0 Å². The summed E-state index contributed by atoms with van der Waals surface area (Å²) in [6.07, 6.45) is 5.79. The van der Waals surface area contributed by atoms with E-state index in [1.165, 1.54) is 31.2 Å². The van der Waals surface area contributed by atoms with Crippen molar-refractivity contribution in [2.75, 3.05) is 12.4 Å². The van der Waals surface area contributed by atoms with Crippen molar-refractivity contribution in [3.05, 3.63) is 29.8 Å². The maximum absolute atomic E-state index is 6.14. The Morgan fingerprint density at radius 1 is 1.05 bits per heavy atom. The van der Waals surface area contributed by atoms with E-state index in [2.05, 4.69) is 57.7 Å². The number of benzene rings is 1. The van der Waals surface area contributed by atoms with Crippen LogP contribution in [0, 0.1) is 5.41 Å². The third-order valence-electron chi connectivity index (χ3n) is 3.78. The molecule has 0 amide bonds. The molecule has 0 fully saturated rings. The first-order chi connectivity index (χ1) is 9.21. The molecule has 0 atom stereocenters. The maximum atomic E-state index is 6.14. The van der Waals surface area contributed by atoms with Crippen LogP contribution in [-0.2, 0) is 6.42 Å². The van der Waals surface area contributed by atoms with Crippen LogP contribution in [0.5, 0.6) is 5.75 Å². The Kier molecular flexibility index (Phi) is 7.37. The fourth-order valence-electron chi connectivity index (χ4n) is 2.70. The summed E-state index contributed by atoms with van der Waals surface area (Å²) >= 11 is 4.58. The highest BCUT2D eigenvalue weighted by molar-refractivity contribution is 7.80. The predicted octanol–water partition coefficient (Wildman–Crippen LogP) is 5.14. The Labute approximate surface area is 124 Å². The summed E-state index contributed by atoms with van der Waals surface area (Å²) in [7, 11) is 0. The SMILES string of the molecule is CCCC(CS)(CCC)COc1ccccc1CC. The Balaban J connectivity index is 2.74. The standard InChI is InChI=1S/C17H28OS/c1-4-11-17(14-19,12-5-2)13-18-16-10-8-7-9-15(16)6-3/h7-10,19H,4-6,11-14H2,1-3H3. The van der Waals surface area contributed by atoms with Crippen molar-refractivity contribution in [3.63, 3.8) is 0 Å². The van der Waals surface area contributed by atoms with E-state index in [1.807, 2.05) is 0 Å². The van der Waals surface area contributed by atoms with Crippen LogP contribution in [0.3, 0.4) is 0 Å². The van der Waals surface area contributed by atoms with E-state index < -0.39 is 0 Å². The lowest BCUT2D eigenvalue weighted by Crippen LogP contribution is -2.30. The predicted molar refractivity (Wildman–Crippen MR) is 87.4 cm³/mol. The number of para-hydroxylation sites is 1. The van der Waals surface area contributed by atoms with Crippen LogP contribution in [0.4, 0.5) is 0 Å². The highest BCUT2D eigenvalue weighted by atomic mass is 32.1. The van der Waals surface area contributed by atoms with Gasteiger partial charge in [0.15, 0.2) is 0 Å². The van der Waals surface area contributed by atoms with Gasteiger partial charge in [0, 0.05) is 5.41 Å². The fraction of sp³-hybridized carbons (Fsp3) is 0.647. The third-order valence-corrected chi connectivity index (χ3v) is 4.45. The van der Waals surface area contributed by atoms with E-state index in [-0.39, 0.29) is 5.41 Å². The Morgan fingerprint density at radius 3 is 2.21 bits per heavy atom. The van der Waals surface area contributed by atoms with Gasteiger partial charge < -0.3 is 4.74 Å². The minimum atomic E-state index is 0.230. The van der Waals surface area contributed by atoms with Crippen molar-refractivity contribution in [1.29, 1.82) is 0 Å². The van der Waals surface area contributed by atoms with Crippen molar-refractivity contribution in [2.24, 2.45) is 5.41 Å². The molecule has 19 heavy (non-hydrogen) atoms. The molecule has 1 aromatic rings. The van der Waals surface area contributed by atoms with Crippen molar-refractivity contribution in [3.8, 4) is 5.75 Å². The first kappa shape index (κ1) is 16.4. The lowest BCUT2D eigenvalue weighted by molar-refractivity contribution is 0.143. The van der Waals surface area contributed by atoms with E-state index in [0.29, 0.717) is 0 Å². The molecule has 0 saturated heterocycles. The monoisotopic (exact) mass is 280 g/mol. The van der Waals surface area contributed by atoms with E-state index >= 15 is 0 Å². The smallest absolute Gasteiger partial charge is 0.122 e. The van der Waals surface area contributed by atoms with E-state index in [9.17, 15) is 0 Å². The normalized spacial score (nSPS) is 11.6. The maximum Gasteiger partial charge on any atom is 0.122 e. The molecule has 0 N–H and O–H groups in total. The van der Waals surface area contributed by atoms with Crippen molar-refractivity contribution < 1.29 is 4.74 Å². The summed E-state index contributed by atoms with van der Waals surface area (Å²) in [5.74, 6) is 1.95. The largest absolute Gasteiger partial charge is 0.493 e. The minimum absolute atomic E-state index is 0.230. The summed E-state index contributed by atoms with van der Waals surface area (Å²) in [5.41, 5.74) is 1.52. The van der Waals surface area contributed by atoms with Crippen LogP contribution in [-0.4, -0.2) is 12.4 Å². The number of aryl methyl sites for hydroxylation is 1. The first-order valence-corrected chi connectivity index (χ1v) is 8.16. The number of hydrogen-bond acceptors (Lipinski definition) is 2. The average molecular weight is 280 g/mol. The number of thiol groups is 1. The molecular weight excluding hydrogens is 252 g/mol. The van der Waals surface area contributed by atoms with Crippen molar-refractivity contribution in [2.45, 2.75) is 52.9 Å². The van der Waals surface area contributed by atoms with Gasteiger partial charge in [-0.15, -0.1) is 0 Å². The zero-order valence-corrected chi connectivity index (χ0v) is 13.5. The molecular formula is C17H28OS. The summed E-state index contributed by atoms with van der Waals surface area (Å²) in [6.45, 7) is 7.45. The zero-order valence-electron chi connectivity index (χ0n) is 12.6. The Hall–Kier alpha value is -0.630.